The van der Waals surface area contributed by atoms with Crippen LogP contribution >= 0.6 is 0 Å². The van der Waals surface area contributed by atoms with Gasteiger partial charge in [0.15, 0.2) is 0 Å². The molecule has 17 heavy (non-hydrogen) atoms. The van der Waals surface area contributed by atoms with Crippen LogP contribution in [0.1, 0.15) is 38.5 Å². The first-order chi connectivity index (χ1) is 7.96. The van der Waals surface area contributed by atoms with E-state index >= 15 is 0 Å². The molecule has 0 aromatic carbocycles. The van der Waals surface area contributed by atoms with E-state index in [9.17, 15) is 13.2 Å². The van der Waals surface area contributed by atoms with Gasteiger partial charge >= 0.3 is 6.36 Å². The molecule has 2 aliphatic rings. The van der Waals surface area contributed by atoms with Crippen LogP contribution in [-0.4, -0.2) is 19.0 Å². The van der Waals surface area contributed by atoms with Crippen LogP contribution < -0.4 is 5.73 Å². The summed E-state index contributed by atoms with van der Waals surface area (Å²) in [6.07, 6.45) is 1.48. The SMILES string of the molecule is NC1CCCC2CC(COC(F)(F)F)CCC12. The van der Waals surface area contributed by atoms with E-state index in [0.29, 0.717) is 11.8 Å². The van der Waals surface area contributed by atoms with Gasteiger partial charge in [-0.3, -0.25) is 4.74 Å². The van der Waals surface area contributed by atoms with Crippen molar-refractivity contribution < 1.29 is 17.9 Å². The average molecular weight is 251 g/mol. The summed E-state index contributed by atoms with van der Waals surface area (Å²) < 4.78 is 39.8. The monoisotopic (exact) mass is 251 g/mol. The van der Waals surface area contributed by atoms with Crippen LogP contribution in [0.2, 0.25) is 0 Å². The molecule has 0 aromatic heterocycles. The van der Waals surface area contributed by atoms with Gasteiger partial charge in [0.1, 0.15) is 0 Å². The van der Waals surface area contributed by atoms with Crippen molar-refractivity contribution in [2.24, 2.45) is 23.5 Å². The third-order valence-electron chi connectivity index (χ3n) is 4.29. The Labute approximate surface area is 99.7 Å². The lowest BCUT2D eigenvalue weighted by atomic mass is 9.66. The van der Waals surface area contributed by atoms with E-state index in [1.54, 1.807) is 0 Å². The zero-order chi connectivity index (χ0) is 12.5. The van der Waals surface area contributed by atoms with Gasteiger partial charge in [0, 0.05) is 6.04 Å². The molecule has 2 nitrogen and oxygen atoms in total. The molecule has 2 saturated carbocycles. The predicted molar refractivity (Wildman–Crippen MR) is 58.2 cm³/mol. The molecular weight excluding hydrogens is 231 g/mol. The van der Waals surface area contributed by atoms with Crippen LogP contribution in [0.3, 0.4) is 0 Å². The quantitative estimate of drug-likeness (QED) is 0.818. The predicted octanol–water partition coefficient (Wildman–Crippen LogP) is 3.07. The fourth-order valence-electron chi connectivity index (χ4n) is 3.47. The first kappa shape index (κ1) is 13.1. The lowest BCUT2D eigenvalue weighted by Crippen LogP contribution is -2.42. The van der Waals surface area contributed by atoms with Crippen molar-refractivity contribution in [3.05, 3.63) is 0 Å². The Hall–Kier alpha value is -0.290. The molecule has 0 aliphatic heterocycles. The Kier molecular flexibility index (Phi) is 3.98. The van der Waals surface area contributed by atoms with Gasteiger partial charge < -0.3 is 5.73 Å². The highest BCUT2D eigenvalue weighted by Crippen LogP contribution is 2.42. The minimum Gasteiger partial charge on any atom is -0.327 e. The van der Waals surface area contributed by atoms with Gasteiger partial charge in [-0.2, -0.15) is 0 Å². The van der Waals surface area contributed by atoms with E-state index in [-0.39, 0.29) is 18.6 Å². The zero-order valence-corrected chi connectivity index (χ0v) is 9.88. The van der Waals surface area contributed by atoms with Crippen molar-refractivity contribution >= 4 is 0 Å². The van der Waals surface area contributed by atoms with Crippen LogP contribution in [0.4, 0.5) is 13.2 Å². The summed E-state index contributed by atoms with van der Waals surface area (Å²) >= 11 is 0. The summed E-state index contributed by atoms with van der Waals surface area (Å²) in [5.41, 5.74) is 6.07. The molecule has 0 spiro atoms. The maximum Gasteiger partial charge on any atom is 0.522 e. The van der Waals surface area contributed by atoms with Gasteiger partial charge in [0.25, 0.3) is 0 Å². The van der Waals surface area contributed by atoms with Crippen molar-refractivity contribution in [1.82, 2.24) is 0 Å². The van der Waals surface area contributed by atoms with Crippen molar-refractivity contribution in [2.45, 2.75) is 50.9 Å². The molecule has 2 aliphatic carbocycles. The Balaban J connectivity index is 1.81. The normalized spacial score (nSPS) is 38.8. The molecule has 0 radical (unpaired) electrons. The maximum atomic E-state index is 12.0. The summed E-state index contributed by atoms with van der Waals surface area (Å²) in [7, 11) is 0. The summed E-state index contributed by atoms with van der Waals surface area (Å²) in [6, 6.07) is 0.262. The van der Waals surface area contributed by atoms with Crippen LogP contribution in [-0.2, 0) is 4.74 Å². The second kappa shape index (κ2) is 5.14. The number of halogens is 3. The molecule has 2 fully saturated rings. The van der Waals surface area contributed by atoms with Gasteiger partial charge in [-0.1, -0.05) is 12.8 Å². The minimum atomic E-state index is -4.49. The summed E-state index contributed by atoms with van der Waals surface area (Å²) in [4.78, 5) is 0. The molecule has 100 valence electrons. The number of hydrogen-bond donors (Lipinski definition) is 1. The standard InChI is InChI=1S/C12H20F3NO/c13-12(14,15)17-7-8-4-5-10-9(6-8)2-1-3-11(10)16/h8-11H,1-7,16H2. The average Bonchev–Trinajstić information content (AvgIpc) is 2.26. The van der Waals surface area contributed by atoms with Crippen LogP contribution in [0.25, 0.3) is 0 Å². The molecule has 0 bridgehead atoms. The highest BCUT2D eigenvalue weighted by molar-refractivity contribution is 4.89. The maximum absolute atomic E-state index is 12.0. The van der Waals surface area contributed by atoms with E-state index in [1.165, 1.54) is 0 Å². The molecule has 0 saturated heterocycles. The summed E-state index contributed by atoms with van der Waals surface area (Å²) in [6.45, 7) is -0.179. The van der Waals surface area contributed by atoms with Gasteiger partial charge in [-0.25, -0.2) is 0 Å². The van der Waals surface area contributed by atoms with Crippen molar-refractivity contribution in [3.8, 4) is 0 Å². The Morgan fingerprint density at radius 1 is 1.12 bits per heavy atom. The molecule has 2 rings (SSSR count). The first-order valence-electron chi connectivity index (χ1n) is 6.42. The Morgan fingerprint density at radius 3 is 2.59 bits per heavy atom. The van der Waals surface area contributed by atoms with Crippen molar-refractivity contribution in [2.75, 3.05) is 6.61 Å². The van der Waals surface area contributed by atoms with E-state index in [2.05, 4.69) is 4.74 Å². The van der Waals surface area contributed by atoms with Crippen LogP contribution in [0.5, 0.6) is 0 Å². The molecule has 4 atom stereocenters. The lowest BCUT2D eigenvalue weighted by molar-refractivity contribution is -0.329. The molecule has 2 N–H and O–H groups in total. The van der Waals surface area contributed by atoms with Crippen LogP contribution in [0, 0.1) is 17.8 Å². The number of alkyl halides is 3. The smallest absolute Gasteiger partial charge is 0.327 e. The van der Waals surface area contributed by atoms with Crippen molar-refractivity contribution in [1.29, 1.82) is 0 Å². The fraction of sp³-hybridized carbons (Fsp3) is 1.00. The van der Waals surface area contributed by atoms with Crippen molar-refractivity contribution in [3.63, 3.8) is 0 Å². The highest BCUT2D eigenvalue weighted by atomic mass is 19.4. The third-order valence-corrected chi connectivity index (χ3v) is 4.29. The number of rotatable bonds is 2. The van der Waals surface area contributed by atoms with E-state index in [0.717, 1.165) is 38.5 Å². The highest BCUT2D eigenvalue weighted by Gasteiger charge is 2.38. The molecule has 0 aromatic rings. The number of hydrogen-bond acceptors (Lipinski definition) is 2. The van der Waals surface area contributed by atoms with Gasteiger partial charge in [0.2, 0.25) is 0 Å². The van der Waals surface area contributed by atoms with Gasteiger partial charge in [-0.05, 0) is 43.4 Å². The van der Waals surface area contributed by atoms with Gasteiger partial charge in [-0.15, -0.1) is 13.2 Å². The number of nitrogens with two attached hydrogens (primary N) is 1. The second-order valence-corrected chi connectivity index (χ2v) is 5.45. The van der Waals surface area contributed by atoms with Crippen LogP contribution in [0.15, 0.2) is 0 Å². The van der Waals surface area contributed by atoms with E-state index in [1.807, 2.05) is 0 Å². The second-order valence-electron chi connectivity index (χ2n) is 5.45. The summed E-state index contributed by atoms with van der Waals surface area (Å²) in [5, 5.41) is 0. The van der Waals surface area contributed by atoms with Gasteiger partial charge in [0.05, 0.1) is 6.61 Å². The zero-order valence-electron chi connectivity index (χ0n) is 9.88. The third kappa shape index (κ3) is 3.58. The lowest BCUT2D eigenvalue weighted by Gasteiger charge is -2.42. The number of ether oxygens (including phenoxy) is 1. The largest absolute Gasteiger partial charge is 0.522 e. The molecular formula is C12H20F3NO. The molecule has 0 amide bonds. The summed E-state index contributed by atoms with van der Waals surface area (Å²) in [5.74, 6) is 1.11. The number of fused-ring (bicyclic) bond motifs is 1. The minimum absolute atomic E-state index is 0.0585. The topological polar surface area (TPSA) is 35.2 Å². The Bertz CT molecular complexity index is 257. The fourth-order valence-corrected chi connectivity index (χ4v) is 3.47. The molecule has 5 heteroatoms. The molecule has 0 heterocycles. The van der Waals surface area contributed by atoms with E-state index < -0.39 is 6.36 Å². The first-order valence-corrected chi connectivity index (χ1v) is 6.42. The Morgan fingerprint density at radius 2 is 1.88 bits per heavy atom. The molecule has 4 unspecified atom stereocenters. The van der Waals surface area contributed by atoms with E-state index in [4.69, 9.17) is 5.73 Å².